The van der Waals surface area contributed by atoms with Gasteiger partial charge in [-0.05, 0) is 51.0 Å². The molecule has 27 heavy (non-hydrogen) atoms. The van der Waals surface area contributed by atoms with Gasteiger partial charge >= 0.3 is 6.09 Å². The van der Waals surface area contributed by atoms with E-state index in [-0.39, 0.29) is 0 Å². The van der Waals surface area contributed by atoms with E-state index in [4.69, 9.17) is 4.74 Å². The van der Waals surface area contributed by atoms with Crippen molar-refractivity contribution < 1.29 is 14.3 Å². The van der Waals surface area contributed by atoms with Gasteiger partial charge in [0.1, 0.15) is 11.9 Å². The Hall–Kier alpha value is -3.22. The predicted octanol–water partition coefficient (Wildman–Crippen LogP) is 3.54. The van der Waals surface area contributed by atoms with Crippen molar-refractivity contribution in [2.45, 2.75) is 39.8 Å². The van der Waals surface area contributed by atoms with Crippen LogP contribution in [-0.4, -0.2) is 32.6 Å². The first-order valence-corrected chi connectivity index (χ1v) is 8.62. The molecule has 3 aromatic rings. The average molecular weight is 366 g/mol. The standard InChI is InChI=1S/C20H22N4O3/c1-13-7-15(5-6-16(13)9-21-19(26)27-20(2,3)4)18-17-8-14(11-25)10-24(17)23-12-22-18/h5-8,10-12H,9H2,1-4H3,(H,21,26). The van der Waals surface area contributed by atoms with Crippen LogP contribution in [0.15, 0.2) is 36.8 Å². The van der Waals surface area contributed by atoms with E-state index in [0.29, 0.717) is 12.1 Å². The van der Waals surface area contributed by atoms with Crippen LogP contribution < -0.4 is 5.32 Å². The monoisotopic (exact) mass is 366 g/mol. The fraction of sp³-hybridized carbons (Fsp3) is 0.300. The Morgan fingerprint density at radius 1 is 1.30 bits per heavy atom. The number of rotatable bonds is 4. The number of hydrogen-bond acceptors (Lipinski definition) is 5. The van der Waals surface area contributed by atoms with Crippen molar-refractivity contribution in [2.75, 3.05) is 0 Å². The quantitative estimate of drug-likeness (QED) is 0.714. The van der Waals surface area contributed by atoms with E-state index < -0.39 is 11.7 Å². The minimum Gasteiger partial charge on any atom is -0.444 e. The Balaban J connectivity index is 1.82. The van der Waals surface area contributed by atoms with E-state index in [1.807, 2.05) is 45.9 Å². The molecular formula is C20H22N4O3. The third kappa shape index (κ3) is 4.31. The lowest BCUT2D eigenvalue weighted by molar-refractivity contribution is 0.0523. The number of carbonyl (C=O) groups excluding carboxylic acids is 2. The zero-order valence-corrected chi connectivity index (χ0v) is 15.8. The van der Waals surface area contributed by atoms with Gasteiger partial charge in [-0.2, -0.15) is 5.10 Å². The van der Waals surface area contributed by atoms with Crippen LogP contribution in [0.2, 0.25) is 0 Å². The fourth-order valence-corrected chi connectivity index (χ4v) is 2.76. The van der Waals surface area contributed by atoms with Crippen LogP contribution >= 0.6 is 0 Å². The minimum absolute atomic E-state index is 0.376. The van der Waals surface area contributed by atoms with E-state index in [1.165, 1.54) is 6.33 Å². The number of fused-ring (bicyclic) bond motifs is 1. The zero-order chi connectivity index (χ0) is 19.6. The summed E-state index contributed by atoms with van der Waals surface area (Å²) < 4.78 is 6.89. The van der Waals surface area contributed by atoms with Gasteiger partial charge in [0.15, 0.2) is 6.29 Å². The molecule has 0 spiro atoms. The Labute approximate surface area is 157 Å². The molecule has 2 aromatic heterocycles. The largest absolute Gasteiger partial charge is 0.444 e. The first-order valence-electron chi connectivity index (χ1n) is 8.62. The lowest BCUT2D eigenvalue weighted by atomic mass is 10.0. The topological polar surface area (TPSA) is 85.6 Å². The number of aromatic nitrogens is 3. The fourth-order valence-electron chi connectivity index (χ4n) is 2.76. The summed E-state index contributed by atoms with van der Waals surface area (Å²) in [6, 6.07) is 7.65. The Morgan fingerprint density at radius 3 is 2.74 bits per heavy atom. The van der Waals surface area contributed by atoms with Crippen LogP contribution in [0.3, 0.4) is 0 Å². The maximum Gasteiger partial charge on any atom is 0.407 e. The van der Waals surface area contributed by atoms with E-state index in [2.05, 4.69) is 15.4 Å². The third-order valence-electron chi connectivity index (χ3n) is 4.00. The second-order valence-corrected chi connectivity index (χ2v) is 7.33. The molecule has 1 amide bonds. The van der Waals surface area contributed by atoms with E-state index in [9.17, 15) is 9.59 Å². The van der Waals surface area contributed by atoms with Crippen molar-refractivity contribution in [2.24, 2.45) is 0 Å². The molecule has 0 bridgehead atoms. The van der Waals surface area contributed by atoms with Crippen molar-refractivity contribution in [3.8, 4) is 11.3 Å². The highest BCUT2D eigenvalue weighted by Gasteiger charge is 2.16. The molecule has 7 nitrogen and oxygen atoms in total. The van der Waals surface area contributed by atoms with Crippen molar-refractivity contribution in [1.29, 1.82) is 0 Å². The van der Waals surface area contributed by atoms with E-state index in [0.717, 1.165) is 34.2 Å². The van der Waals surface area contributed by atoms with Gasteiger partial charge in [-0.25, -0.2) is 14.3 Å². The number of hydrogen-bond donors (Lipinski definition) is 1. The molecule has 0 saturated heterocycles. The summed E-state index contributed by atoms with van der Waals surface area (Å²) in [4.78, 5) is 27.2. The highest BCUT2D eigenvalue weighted by atomic mass is 16.6. The van der Waals surface area contributed by atoms with Gasteiger partial charge in [-0.1, -0.05) is 12.1 Å². The molecule has 0 aliphatic rings. The molecule has 7 heteroatoms. The first kappa shape index (κ1) is 18.6. The molecule has 140 valence electrons. The van der Waals surface area contributed by atoms with Gasteiger partial charge in [0.25, 0.3) is 0 Å². The van der Waals surface area contributed by atoms with Crippen LogP contribution in [0.4, 0.5) is 4.79 Å². The summed E-state index contributed by atoms with van der Waals surface area (Å²) in [6.07, 6.45) is 3.47. The van der Waals surface area contributed by atoms with Crippen molar-refractivity contribution in [1.82, 2.24) is 19.9 Å². The van der Waals surface area contributed by atoms with Crippen molar-refractivity contribution in [3.05, 3.63) is 53.5 Å². The Bertz CT molecular complexity index is 1000. The van der Waals surface area contributed by atoms with Crippen molar-refractivity contribution >= 4 is 17.9 Å². The SMILES string of the molecule is Cc1cc(-c2ncnn3cc(C=O)cc23)ccc1CNC(=O)OC(C)(C)C. The normalized spacial score (nSPS) is 11.4. The molecule has 0 atom stereocenters. The third-order valence-corrected chi connectivity index (χ3v) is 4.00. The van der Waals surface area contributed by atoms with Crippen LogP contribution in [-0.2, 0) is 11.3 Å². The first-order chi connectivity index (χ1) is 12.8. The highest BCUT2D eigenvalue weighted by molar-refractivity contribution is 5.84. The maximum atomic E-state index is 11.8. The van der Waals surface area contributed by atoms with Crippen LogP contribution in [0, 0.1) is 6.92 Å². The number of aryl methyl sites for hydroxylation is 1. The molecule has 0 saturated carbocycles. The number of alkyl carbamates (subject to hydrolysis) is 1. The molecule has 1 N–H and O–H groups in total. The molecule has 0 unspecified atom stereocenters. The number of nitrogens with one attached hydrogen (secondary N) is 1. The maximum absolute atomic E-state index is 11.8. The van der Waals surface area contributed by atoms with Crippen LogP contribution in [0.25, 0.3) is 16.8 Å². The zero-order valence-electron chi connectivity index (χ0n) is 15.8. The van der Waals surface area contributed by atoms with E-state index in [1.54, 1.807) is 16.8 Å². The Kier molecular flexibility index (Phi) is 4.94. The second kappa shape index (κ2) is 7.19. The molecule has 3 rings (SSSR count). The summed E-state index contributed by atoms with van der Waals surface area (Å²) >= 11 is 0. The molecule has 1 aromatic carbocycles. The summed E-state index contributed by atoms with van der Waals surface area (Å²) in [5.74, 6) is 0. The average Bonchev–Trinajstić information content (AvgIpc) is 3.02. The van der Waals surface area contributed by atoms with Gasteiger partial charge in [-0.15, -0.1) is 0 Å². The highest BCUT2D eigenvalue weighted by Crippen LogP contribution is 2.25. The number of aldehydes is 1. The molecule has 0 aliphatic carbocycles. The van der Waals surface area contributed by atoms with Gasteiger partial charge < -0.3 is 10.1 Å². The Morgan fingerprint density at radius 2 is 2.07 bits per heavy atom. The number of nitrogens with zero attached hydrogens (tertiary/aromatic N) is 3. The van der Waals surface area contributed by atoms with Crippen molar-refractivity contribution in [3.63, 3.8) is 0 Å². The molecular weight excluding hydrogens is 344 g/mol. The molecule has 0 radical (unpaired) electrons. The summed E-state index contributed by atoms with van der Waals surface area (Å²) in [6.45, 7) is 7.83. The van der Waals surface area contributed by atoms with Crippen LogP contribution in [0.5, 0.6) is 0 Å². The second-order valence-electron chi connectivity index (χ2n) is 7.33. The predicted molar refractivity (Wildman–Crippen MR) is 102 cm³/mol. The lowest BCUT2D eigenvalue weighted by Crippen LogP contribution is -2.32. The van der Waals surface area contributed by atoms with Gasteiger partial charge in [-0.3, -0.25) is 4.79 Å². The number of ether oxygens (including phenoxy) is 1. The lowest BCUT2D eigenvalue weighted by Gasteiger charge is -2.20. The number of carbonyl (C=O) groups is 2. The molecule has 0 aliphatic heterocycles. The molecule has 0 fully saturated rings. The smallest absolute Gasteiger partial charge is 0.407 e. The number of amides is 1. The van der Waals surface area contributed by atoms with Gasteiger partial charge in [0.05, 0.1) is 11.2 Å². The van der Waals surface area contributed by atoms with Gasteiger partial charge in [0.2, 0.25) is 0 Å². The summed E-state index contributed by atoms with van der Waals surface area (Å²) in [5.41, 5.74) is 4.44. The van der Waals surface area contributed by atoms with Gasteiger partial charge in [0, 0.05) is 23.9 Å². The number of benzene rings is 1. The summed E-state index contributed by atoms with van der Waals surface area (Å²) in [5, 5.41) is 6.91. The summed E-state index contributed by atoms with van der Waals surface area (Å²) in [7, 11) is 0. The molecule has 2 heterocycles. The van der Waals surface area contributed by atoms with E-state index >= 15 is 0 Å². The van der Waals surface area contributed by atoms with Crippen LogP contribution in [0.1, 0.15) is 42.3 Å². The minimum atomic E-state index is -0.529.